The van der Waals surface area contributed by atoms with E-state index in [0.717, 1.165) is 63.2 Å². The van der Waals surface area contributed by atoms with Gasteiger partial charge in [-0.3, -0.25) is 24.6 Å². The fourth-order valence-corrected chi connectivity index (χ4v) is 8.37. The maximum atomic E-state index is 15.8. The molecule has 268 valence electrons. The van der Waals surface area contributed by atoms with Crippen LogP contribution in [0.1, 0.15) is 44.1 Å². The number of hydrogen-bond donors (Lipinski definition) is 2. The number of aryl methyl sites for hydroxylation is 1. The maximum Gasteiger partial charge on any atom is 0.258 e. The van der Waals surface area contributed by atoms with Crippen LogP contribution in [-0.4, -0.2) is 60.6 Å². The number of carbonyl (C=O) groups is 2. The summed E-state index contributed by atoms with van der Waals surface area (Å²) in [6, 6.07) is 12.6. The number of ether oxygens (including phenoxy) is 1. The number of imide groups is 1. The van der Waals surface area contributed by atoms with Crippen LogP contribution in [0.4, 0.5) is 20.2 Å². The largest absolute Gasteiger partial charge is 0.496 e. The Morgan fingerprint density at radius 1 is 0.902 bits per heavy atom. The van der Waals surface area contributed by atoms with E-state index in [4.69, 9.17) is 16.3 Å². The first-order valence-electron chi connectivity index (χ1n) is 17.6. The van der Waals surface area contributed by atoms with Crippen LogP contribution in [0.15, 0.2) is 59.5 Å². The average Bonchev–Trinajstić information content (AvgIpc) is 3.12. The fourth-order valence-electron chi connectivity index (χ4n) is 8.07. The molecule has 4 aromatic rings. The third-order valence-electron chi connectivity index (χ3n) is 10.9. The van der Waals surface area contributed by atoms with Crippen LogP contribution in [0.5, 0.6) is 5.75 Å². The molecule has 7 rings (SSSR count). The molecule has 1 aromatic heterocycles. The zero-order valence-electron chi connectivity index (χ0n) is 28.8. The molecular weight excluding hydrogens is 676 g/mol. The first-order chi connectivity index (χ1) is 24.6. The number of fused-ring (bicyclic) bond motifs is 1. The number of halogens is 3. The van der Waals surface area contributed by atoms with E-state index in [-0.39, 0.29) is 17.4 Å². The molecule has 2 N–H and O–H groups in total. The smallest absolute Gasteiger partial charge is 0.258 e. The Morgan fingerprint density at radius 3 is 2.31 bits per heavy atom. The van der Waals surface area contributed by atoms with Gasteiger partial charge in [0.05, 0.1) is 17.8 Å². The van der Waals surface area contributed by atoms with Crippen LogP contribution in [-0.2, 0) is 23.2 Å². The highest BCUT2D eigenvalue weighted by Gasteiger charge is 2.31. The summed E-state index contributed by atoms with van der Waals surface area (Å²) in [6.45, 7) is 3.99. The summed E-state index contributed by atoms with van der Waals surface area (Å²) in [6.07, 6.45) is 6.62. The highest BCUT2D eigenvalue weighted by molar-refractivity contribution is 6.33. The molecule has 0 radical (unpaired) electrons. The van der Waals surface area contributed by atoms with Gasteiger partial charge < -0.3 is 19.5 Å². The summed E-state index contributed by atoms with van der Waals surface area (Å²) in [5, 5.41) is 7.00. The van der Waals surface area contributed by atoms with E-state index in [0.29, 0.717) is 69.5 Å². The molecule has 0 bridgehead atoms. The van der Waals surface area contributed by atoms with Crippen molar-refractivity contribution in [2.75, 3.05) is 43.5 Å². The van der Waals surface area contributed by atoms with E-state index in [1.54, 1.807) is 19.3 Å². The van der Waals surface area contributed by atoms with Gasteiger partial charge in [0.15, 0.2) is 0 Å². The van der Waals surface area contributed by atoms with Gasteiger partial charge >= 0.3 is 0 Å². The molecule has 0 aliphatic carbocycles. The number of pyridine rings is 1. The highest BCUT2D eigenvalue weighted by Crippen LogP contribution is 2.38. The van der Waals surface area contributed by atoms with Crippen molar-refractivity contribution in [1.29, 1.82) is 0 Å². The highest BCUT2D eigenvalue weighted by atomic mass is 35.5. The van der Waals surface area contributed by atoms with Gasteiger partial charge in [-0.05, 0) is 117 Å². The second-order valence-electron chi connectivity index (χ2n) is 14.0. The van der Waals surface area contributed by atoms with Crippen molar-refractivity contribution in [1.82, 2.24) is 14.8 Å². The predicted octanol–water partition coefficient (Wildman–Crippen LogP) is 6.49. The van der Waals surface area contributed by atoms with Crippen LogP contribution in [0.2, 0.25) is 5.02 Å². The van der Waals surface area contributed by atoms with Gasteiger partial charge in [-0.2, -0.15) is 0 Å². The molecule has 0 saturated carbocycles. The molecule has 9 nitrogen and oxygen atoms in total. The van der Waals surface area contributed by atoms with Crippen molar-refractivity contribution in [3.05, 3.63) is 87.3 Å². The molecule has 3 saturated heterocycles. The molecule has 3 fully saturated rings. The van der Waals surface area contributed by atoms with Crippen LogP contribution < -0.4 is 25.8 Å². The minimum atomic E-state index is -0.465. The van der Waals surface area contributed by atoms with Crippen molar-refractivity contribution < 1.29 is 23.1 Å². The summed E-state index contributed by atoms with van der Waals surface area (Å²) in [7, 11) is 3.16. The molecule has 3 aliphatic heterocycles. The van der Waals surface area contributed by atoms with Crippen LogP contribution >= 0.6 is 11.6 Å². The van der Waals surface area contributed by atoms with Crippen molar-refractivity contribution in [2.24, 2.45) is 18.9 Å². The zero-order valence-corrected chi connectivity index (χ0v) is 29.6. The van der Waals surface area contributed by atoms with Gasteiger partial charge in [0.25, 0.3) is 5.56 Å². The Bertz CT molecular complexity index is 2040. The lowest BCUT2D eigenvalue weighted by Crippen LogP contribution is -2.47. The van der Waals surface area contributed by atoms with Crippen molar-refractivity contribution >= 4 is 45.6 Å². The van der Waals surface area contributed by atoms with Crippen molar-refractivity contribution in [3.63, 3.8) is 0 Å². The SMILES string of the molecule is COc1cc(-c2cn(C)c(=O)c3ccc(F)cc23)cc(F)c1CN1CCC(C2CCN(c3ccc(NC4CCC(=O)NC4=O)cc3Cl)CC2)CC1. The number of nitrogens with zero attached hydrogens (tertiary/aromatic N) is 3. The van der Waals surface area contributed by atoms with Gasteiger partial charge in [-0.25, -0.2) is 8.78 Å². The molecule has 0 spiro atoms. The Labute approximate surface area is 300 Å². The second-order valence-corrected chi connectivity index (χ2v) is 14.4. The second kappa shape index (κ2) is 14.6. The molecule has 12 heteroatoms. The number of likely N-dealkylation sites (tertiary alicyclic amines) is 1. The average molecular weight is 718 g/mol. The standard InChI is InChI=1S/C39H42ClF2N5O4/c1-45-21-30(29-19-26(41)3-5-28(29)39(45)50)25-17-33(42)31(36(18-25)51-2)22-46-13-9-23(10-14-46)24-11-15-47(16-12-24)35-7-4-27(20-32(35)40)43-34-6-8-37(48)44-38(34)49/h3-5,7,17-21,23-24,34,43H,6,8-16,22H2,1-2H3,(H,44,48,49). The zero-order chi connectivity index (χ0) is 35.8. The van der Waals surface area contributed by atoms with E-state index in [1.807, 2.05) is 18.2 Å². The predicted molar refractivity (Wildman–Crippen MR) is 195 cm³/mol. The van der Waals surface area contributed by atoms with E-state index >= 15 is 4.39 Å². The summed E-state index contributed by atoms with van der Waals surface area (Å²) < 4.78 is 37.2. The molecule has 51 heavy (non-hydrogen) atoms. The van der Waals surface area contributed by atoms with Crippen LogP contribution in [0, 0.1) is 23.5 Å². The monoisotopic (exact) mass is 717 g/mol. The Hall–Kier alpha value is -4.48. The van der Waals surface area contributed by atoms with E-state index in [1.165, 1.54) is 35.9 Å². The summed E-state index contributed by atoms with van der Waals surface area (Å²) in [4.78, 5) is 40.9. The Morgan fingerprint density at radius 2 is 1.63 bits per heavy atom. The van der Waals surface area contributed by atoms with Gasteiger partial charge in [-0.1, -0.05) is 11.6 Å². The molecule has 3 aliphatic rings. The third-order valence-corrected chi connectivity index (χ3v) is 11.2. The van der Waals surface area contributed by atoms with Crippen LogP contribution in [0.3, 0.4) is 0 Å². The number of aromatic nitrogens is 1. The lowest BCUT2D eigenvalue weighted by molar-refractivity contribution is -0.133. The normalized spacial score (nSPS) is 19.4. The Kier molecular flexibility index (Phi) is 10.0. The van der Waals surface area contributed by atoms with E-state index < -0.39 is 17.7 Å². The van der Waals surface area contributed by atoms with E-state index in [9.17, 15) is 18.8 Å². The molecule has 2 amide bonds. The number of methoxy groups -OCH3 is 1. The summed E-state index contributed by atoms with van der Waals surface area (Å²) in [5.41, 5.74) is 3.06. The number of hydrogen-bond acceptors (Lipinski definition) is 7. The Balaban J connectivity index is 0.949. The molecule has 4 heterocycles. The molecule has 1 atom stereocenters. The number of benzene rings is 3. The van der Waals surface area contributed by atoms with E-state index in [2.05, 4.69) is 20.4 Å². The number of anilines is 2. The lowest BCUT2D eigenvalue weighted by Gasteiger charge is -2.41. The number of carbonyl (C=O) groups excluding carboxylic acids is 2. The summed E-state index contributed by atoms with van der Waals surface area (Å²) in [5.74, 6) is 0.232. The first-order valence-corrected chi connectivity index (χ1v) is 18.0. The van der Waals surface area contributed by atoms with Gasteiger partial charge in [0.1, 0.15) is 23.4 Å². The van der Waals surface area contributed by atoms with Gasteiger partial charge in [-0.15, -0.1) is 0 Å². The minimum Gasteiger partial charge on any atom is -0.496 e. The molecule has 3 aromatic carbocycles. The lowest BCUT2D eigenvalue weighted by atomic mass is 9.78. The molecule has 1 unspecified atom stereocenters. The number of piperidine rings is 3. The van der Waals surface area contributed by atoms with Gasteiger partial charge in [0, 0.05) is 61.5 Å². The number of rotatable bonds is 8. The fraction of sp³-hybridized carbons (Fsp3) is 0.410. The summed E-state index contributed by atoms with van der Waals surface area (Å²) >= 11 is 6.72. The van der Waals surface area contributed by atoms with Crippen LogP contribution in [0.25, 0.3) is 21.9 Å². The third kappa shape index (κ3) is 7.32. The van der Waals surface area contributed by atoms with Crippen molar-refractivity contribution in [2.45, 2.75) is 51.1 Å². The van der Waals surface area contributed by atoms with Gasteiger partial charge in [0.2, 0.25) is 11.8 Å². The first kappa shape index (κ1) is 34.9. The molecular formula is C39H42ClF2N5O4. The topological polar surface area (TPSA) is 95.9 Å². The quantitative estimate of drug-likeness (QED) is 0.201. The van der Waals surface area contributed by atoms with Crippen molar-refractivity contribution in [3.8, 4) is 16.9 Å². The number of amides is 2. The maximum absolute atomic E-state index is 15.8. The minimum absolute atomic E-state index is 0.242. The number of nitrogens with one attached hydrogen (secondary N) is 2.